The van der Waals surface area contributed by atoms with Crippen molar-refractivity contribution in [2.75, 3.05) is 13.1 Å². The third-order valence-electron chi connectivity index (χ3n) is 1.05. The highest BCUT2D eigenvalue weighted by Gasteiger charge is 1.76. The normalized spacial score (nSPS) is 10.4. The van der Waals surface area contributed by atoms with E-state index in [-0.39, 0.29) is 0 Å². The average molecular weight is 128 g/mol. The Morgan fingerprint density at radius 3 is 2.89 bits per heavy atom. The first kappa shape index (κ1) is 8.50. The maximum atomic E-state index is 5.22. The zero-order valence-electron chi connectivity index (χ0n) is 6.06. The van der Waals surface area contributed by atoms with Crippen LogP contribution in [0.15, 0.2) is 12.3 Å². The first-order valence-corrected chi connectivity index (χ1v) is 3.50. The molecule has 0 radical (unpaired) electrons. The molecule has 0 spiro atoms. The fourth-order valence-corrected chi connectivity index (χ4v) is 0.514. The van der Waals surface area contributed by atoms with Crippen LogP contribution in [-0.4, -0.2) is 13.1 Å². The second kappa shape index (κ2) is 7.50. The van der Waals surface area contributed by atoms with Gasteiger partial charge in [0.15, 0.2) is 0 Å². The molecule has 0 aromatic carbocycles. The molecular weight excluding hydrogens is 112 g/mol. The highest BCUT2D eigenvalue weighted by atomic mass is 14.8. The van der Waals surface area contributed by atoms with Crippen molar-refractivity contribution in [1.29, 1.82) is 0 Å². The average Bonchev–Trinajstić information content (AvgIpc) is 1.89. The molecule has 0 bridgehead atoms. The molecule has 2 heteroatoms. The van der Waals surface area contributed by atoms with Gasteiger partial charge in [-0.25, -0.2) is 0 Å². The summed E-state index contributed by atoms with van der Waals surface area (Å²) >= 11 is 0. The van der Waals surface area contributed by atoms with E-state index in [2.05, 4.69) is 12.2 Å². The molecule has 0 amide bonds. The van der Waals surface area contributed by atoms with Crippen LogP contribution in [0, 0.1) is 0 Å². The number of nitrogens with one attached hydrogen (secondary N) is 1. The van der Waals surface area contributed by atoms with Crippen LogP contribution in [0.25, 0.3) is 0 Å². The van der Waals surface area contributed by atoms with Crippen LogP contribution in [0.1, 0.15) is 19.8 Å². The Bertz CT molecular complexity index is 69.3. The summed E-state index contributed by atoms with van der Waals surface area (Å²) in [5, 5.41) is 3.13. The van der Waals surface area contributed by atoms with Gasteiger partial charge in [-0.2, -0.15) is 0 Å². The van der Waals surface area contributed by atoms with Gasteiger partial charge in [-0.15, -0.1) is 0 Å². The molecule has 54 valence electrons. The first-order valence-electron chi connectivity index (χ1n) is 3.50. The molecule has 0 rings (SSSR count). The van der Waals surface area contributed by atoms with Gasteiger partial charge in [0.2, 0.25) is 0 Å². The molecule has 0 aliphatic carbocycles. The van der Waals surface area contributed by atoms with E-state index in [1.54, 1.807) is 0 Å². The van der Waals surface area contributed by atoms with Crippen LogP contribution in [0.5, 0.6) is 0 Å². The summed E-state index contributed by atoms with van der Waals surface area (Å²) in [4.78, 5) is 0. The highest BCUT2D eigenvalue weighted by molar-refractivity contribution is 4.79. The van der Waals surface area contributed by atoms with Crippen molar-refractivity contribution in [2.45, 2.75) is 19.8 Å². The van der Waals surface area contributed by atoms with Crippen LogP contribution in [0.4, 0.5) is 0 Å². The van der Waals surface area contributed by atoms with Gasteiger partial charge in [-0.1, -0.05) is 19.4 Å². The molecule has 0 aliphatic heterocycles. The predicted molar refractivity (Wildman–Crippen MR) is 41.1 cm³/mol. The summed E-state index contributed by atoms with van der Waals surface area (Å²) in [6.45, 7) is 3.86. The van der Waals surface area contributed by atoms with Crippen molar-refractivity contribution in [3.8, 4) is 0 Å². The topological polar surface area (TPSA) is 38.0 Å². The van der Waals surface area contributed by atoms with Crippen LogP contribution in [0.3, 0.4) is 0 Å². The van der Waals surface area contributed by atoms with Gasteiger partial charge in [0.25, 0.3) is 0 Å². The Balaban J connectivity index is 2.82. The molecular formula is C7H16N2. The lowest BCUT2D eigenvalue weighted by Gasteiger charge is -1.95. The SMILES string of the molecule is CCCCN/C=C\CN. The van der Waals surface area contributed by atoms with Gasteiger partial charge >= 0.3 is 0 Å². The van der Waals surface area contributed by atoms with Gasteiger partial charge in [-0.3, -0.25) is 0 Å². The summed E-state index contributed by atoms with van der Waals surface area (Å²) in [5.41, 5.74) is 5.22. The molecule has 2 nitrogen and oxygen atoms in total. The number of hydrogen-bond donors (Lipinski definition) is 2. The Hall–Kier alpha value is -0.500. The van der Waals surface area contributed by atoms with Gasteiger partial charge in [0, 0.05) is 13.1 Å². The van der Waals surface area contributed by atoms with E-state index in [0.717, 1.165) is 6.54 Å². The molecule has 0 saturated heterocycles. The van der Waals surface area contributed by atoms with Crippen molar-refractivity contribution in [3.63, 3.8) is 0 Å². The standard InChI is InChI=1S/C7H16N2/c1-2-3-6-9-7-4-5-8/h4,7,9H,2-3,5-6,8H2,1H3/b7-4-. The number of rotatable bonds is 5. The largest absolute Gasteiger partial charge is 0.391 e. The minimum Gasteiger partial charge on any atom is -0.391 e. The fourth-order valence-electron chi connectivity index (χ4n) is 0.514. The third-order valence-corrected chi connectivity index (χ3v) is 1.05. The van der Waals surface area contributed by atoms with E-state index in [4.69, 9.17) is 5.73 Å². The summed E-state index contributed by atoms with van der Waals surface area (Å²) in [6.07, 6.45) is 6.30. The molecule has 0 unspecified atom stereocenters. The summed E-state index contributed by atoms with van der Waals surface area (Å²) in [5.74, 6) is 0. The molecule has 0 aromatic heterocycles. The third kappa shape index (κ3) is 7.50. The van der Waals surface area contributed by atoms with Gasteiger partial charge < -0.3 is 11.1 Å². The van der Waals surface area contributed by atoms with Crippen LogP contribution in [0.2, 0.25) is 0 Å². The second-order valence-electron chi connectivity index (χ2n) is 1.95. The van der Waals surface area contributed by atoms with Crippen LogP contribution in [-0.2, 0) is 0 Å². The molecule has 0 aliphatic rings. The van der Waals surface area contributed by atoms with Crippen molar-refractivity contribution < 1.29 is 0 Å². The maximum Gasteiger partial charge on any atom is 0.0141 e. The quantitative estimate of drug-likeness (QED) is 0.539. The zero-order valence-corrected chi connectivity index (χ0v) is 6.06. The van der Waals surface area contributed by atoms with Crippen molar-refractivity contribution in [3.05, 3.63) is 12.3 Å². The Labute approximate surface area is 57.1 Å². The smallest absolute Gasteiger partial charge is 0.0141 e. The van der Waals surface area contributed by atoms with Gasteiger partial charge in [0.1, 0.15) is 0 Å². The fraction of sp³-hybridized carbons (Fsp3) is 0.714. The molecule has 0 fully saturated rings. The molecule has 3 N–H and O–H groups in total. The van der Waals surface area contributed by atoms with E-state index < -0.39 is 0 Å². The summed E-state index contributed by atoms with van der Waals surface area (Å²) in [6, 6.07) is 0. The summed E-state index contributed by atoms with van der Waals surface area (Å²) < 4.78 is 0. The number of unbranched alkanes of at least 4 members (excludes halogenated alkanes) is 1. The molecule has 0 atom stereocenters. The Morgan fingerprint density at radius 1 is 1.56 bits per heavy atom. The lowest BCUT2D eigenvalue weighted by Crippen LogP contribution is -2.07. The second-order valence-corrected chi connectivity index (χ2v) is 1.95. The van der Waals surface area contributed by atoms with E-state index >= 15 is 0 Å². The number of nitrogens with two attached hydrogens (primary N) is 1. The zero-order chi connectivity index (χ0) is 6.95. The predicted octanol–water partition coefficient (Wildman–Crippen LogP) is 0.849. The minimum atomic E-state index is 0.624. The van der Waals surface area contributed by atoms with Crippen molar-refractivity contribution in [2.24, 2.45) is 5.73 Å². The lowest BCUT2D eigenvalue weighted by molar-refractivity contribution is 0.734. The maximum absolute atomic E-state index is 5.22. The summed E-state index contributed by atoms with van der Waals surface area (Å²) in [7, 11) is 0. The van der Waals surface area contributed by atoms with E-state index in [1.165, 1.54) is 12.8 Å². The van der Waals surface area contributed by atoms with Crippen molar-refractivity contribution in [1.82, 2.24) is 5.32 Å². The molecule has 9 heavy (non-hydrogen) atoms. The molecule has 0 saturated carbocycles. The Kier molecular flexibility index (Phi) is 7.08. The highest BCUT2D eigenvalue weighted by Crippen LogP contribution is 1.81. The van der Waals surface area contributed by atoms with E-state index in [0.29, 0.717) is 6.54 Å². The first-order chi connectivity index (χ1) is 4.41. The van der Waals surface area contributed by atoms with Gasteiger partial charge in [0.05, 0.1) is 0 Å². The van der Waals surface area contributed by atoms with Crippen molar-refractivity contribution >= 4 is 0 Å². The Morgan fingerprint density at radius 2 is 2.33 bits per heavy atom. The van der Waals surface area contributed by atoms with Gasteiger partial charge in [-0.05, 0) is 12.6 Å². The lowest BCUT2D eigenvalue weighted by atomic mass is 10.3. The van der Waals surface area contributed by atoms with Crippen LogP contribution < -0.4 is 11.1 Å². The number of hydrogen-bond acceptors (Lipinski definition) is 2. The van der Waals surface area contributed by atoms with Crippen LogP contribution >= 0.6 is 0 Å². The molecule has 0 heterocycles. The minimum absolute atomic E-state index is 0.624. The monoisotopic (exact) mass is 128 g/mol. The molecule has 0 aromatic rings. The van der Waals surface area contributed by atoms with E-state index in [1.807, 2.05) is 12.3 Å². The van der Waals surface area contributed by atoms with E-state index in [9.17, 15) is 0 Å².